The van der Waals surface area contributed by atoms with Crippen LogP contribution in [0.3, 0.4) is 0 Å². The molecule has 2 aromatic heterocycles. The second-order valence-electron chi connectivity index (χ2n) is 6.26. The smallest absolute Gasteiger partial charge is 0.270 e. The van der Waals surface area contributed by atoms with Gasteiger partial charge in [-0.3, -0.25) is 14.0 Å². The summed E-state index contributed by atoms with van der Waals surface area (Å²) in [5, 5.41) is 5.81. The van der Waals surface area contributed by atoms with Gasteiger partial charge in [0.15, 0.2) is 0 Å². The molecule has 6 nitrogen and oxygen atoms in total. The Hall–Kier alpha value is -2.37. The molecule has 2 heterocycles. The van der Waals surface area contributed by atoms with Crippen molar-refractivity contribution in [3.05, 3.63) is 35.8 Å². The van der Waals surface area contributed by atoms with Gasteiger partial charge in [0, 0.05) is 25.2 Å². The van der Waals surface area contributed by atoms with Crippen LogP contribution >= 0.6 is 0 Å². The zero-order chi connectivity index (χ0) is 17.5. The summed E-state index contributed by atoms with van der Waals surface area (Å²) in [6.45, 7) is 6.35. The molecule has 0 aliphatic heterocycles. The van der Waals surface area contributed by atoms with Crippen LogP contribution in [0.4, 0.5) is 0 Å². The first-order valence-electron chi connectivity index (χ1n) is 8.50. The minimum atomic E-state index is -0.108. The van der Waals surface area contributed by atoms with Gasteiger partial charge < -0.3 is 10.6 Å². The maximum atomic E-state index is 12.4. The minimum Gasteiger partial charge on any atom is -0.354 e. The fourth-order valence-electron chi connectivity index (χ4n) is 2.65. The number of pyridine rings is 1. The molecule has 2 aromatic rings. The quantitative estimate of drug-likeness (QED) is 0.730. The molecule has 0 aliphatic carbocycles. The molecular weight excluding hydrogens is 304 g/mol. The predicted molar refractivity (Wildman–Crippen MR) is 94.0 cm³/mol. The summed E-state index contributed by atoms with van der Waals surface area (Å²) < 4.78 is 1.81. The lowest BCUT2D eigenvalue weighted by Gasteiger charge is -2.08. The third-order valence-electron chi connectivity index (χ3n) is 3.74. The summed E-state index contributed by atoms with van der Waals surface area (Å²) in [4.78, 5) is 28.3. The first kappa shape index (κ1) is 18.0. The number of aryl methyl sites for hydroxylation is 1. The highest BCUT2D eigenvalue weighted by Crippen LogP contribution is 2.11. The van der Waals surface area contributed by atoms with Crippen molar-refractivity contribution >= 4 is 17.5 Å². The van der Waals surface area contributed by atoms with E-state index in [9.17, 15) is 9.59 Å². The van der Waals surface area contributed by atoms with Crippen molar-refractivity contribution in [1.82, 2.24) is 20.0 Å². The van der Waals surface area contributed by atoms with Crippen molar-refractivity contribution in [1.29, 1.82) is 0 Å². The van der Waals surface area contributed by atoms with Crippen LogP contribution in [0.25, 0.3) is 5.65 Å². The third-order valence-corrected chi connectivity index (χ3v) is 3.74. The van der Waals surface area contributed by atoms with Gasteiger partial charge in [-0.2, -0.15) is 0 Å². The summed E-state index contributed by atoms with van der Waals surface area (Å²) >= 11 is 0. The first-order chi connectivity index (χ1) is 11.5. The van der Waals surface area contributed by atoms with Gasteiger partial charge in [-0.1, -0.05) is 12.5 Å². The third kappa shape index (κ3) is 4.81. The lowest BCUT2D eigenvalue weighted by atomic mass is 10.2. The number of nitrogens with zero attached hydrogens (tertiary/aromatic N) is 2. The van der Waals surface area contributed by atoms with Crippen molar-refractivity contribution < 1.29 is 9.59 Å². The number of hydrogen-bond acceptors (Lipinski definition) is 3. The molecule has 0 atom stereocenters. The number of carbonyl (C=O) groups is 2. The Bertz CT molecular complexity index is 706. The minimum absolute atomic E-state index is 0.0930. The highest BCUT2D eigenvalue weighted by molar-refractivity contribution is 5.94. The number of carbonyl (C=O) groups excluding carboxylic acids is 2. The van der Waals surface area contributed by atoms with E-state index >= 15 is 0 Å². The largest absolute Gasteiger partial charge is 0.354 e. The molecule has 0 aromatic carbocycles. The second-order valence-corrected chi connectivity index (χ2v) is 6.26. The molecule has 6 heteroatoms. The number of unbranched alkanes of at least 4 members (excludes halogenated alkanes) is 2. The van der Waals surface area contributed by atoms with Gasteiger partial charge in [-0.15, -0.1) is 0 Å². The molecular formula is C18H26N4O2. The van der Waals surface area contributed by atoms with E-state index in [1.165, 1.54) is 0 Å². The van der Waals surface area contributed by atoms with Crippen molar-refractivity contribution in [2.45, 2.75) is 52.5 Å². The summed E-state index contributed by atoms with van der Waals surface area (Å²) in [6, 6.07) is 5.85. The van der Waals surface area contributed by atoms with E-state index in [1.54, 1.807) is 4.40 Å². The second kappa shape index (κ2) is 8.47. The number of fused-ring (bicyclic) bond motifs is 1. The van der Waals surface area contributed by atoms with Gasteiger partial charge in [0.1, 0.15) is 11.3 Å². The van der Waals surface area contributed by atoms with Crippen molar-refractivity contribution in [2.75, 3.05) is 6.54 Å². The number of rotatable bonds is 8. The van der Waals surface area contributed by atoms with Crippen LogP contribution in [0.1, 0.15) is 55.7 Å². The topological polar surface area (TPSA) is 75.5 Å². The van der Waals surface area contributed by atoms with E-state index in [1.807, 2.05) is 45.2 Å². The number of hydrogen-bond donors (Lipinski definition) is 2. The Morgan fingerprint density at radius 2 is 2.00 bits per heavy atom. The molecule has 0 saturated heterocycles. The van der Waals surface area contributed by atoms with E-state index in [-0.39, 0.29) is 17.9 Å². The zero-order valence-electron chi connectivity index (χ0n) is 14.6. The van der Waals surface area contributed by atoms with Gasteiger partial charge in [-0.05, 0) is 45.7 Å². The molecule has 0 fully saturated rings. The van der Waals surface area contributed by atoms with E-state index < -0.39 is 0 Å². The molecule has 24 heavy (non-hydrogen) atoms. The number of nitrogens with one attached hydrogen (secondary N) is 2. The maximum Gasteiger partial charge on any atom is 0.270 e. The molecule has 0 radical (unpaired) electrons. The van der Waals surface area contributed by atoms with E-state index in [0.29, 0.717) is 18.7 Å². The first-order valence-corrected chi connectivity index (χ1v) is 8.50. The summed E-state index contributed by atoms with van der Waals surface area (Å²) in [5.74, 6) is -0.0147. The molecule has 0 saturated carbocycles. The van der Waals surface area contributed by atoms with Crippen molar-refractivity contribution in [3.8, 4) is 0 Å². The molecule has 130 valence electrons. The van der Waals surface area contributed by atoms with Crippen LogP contribution in [0.5, 0.6) is 0 Å². The van der Waals surface area contributed by atoms with Gasteiger partial charge in [0.05, 0.1) is 5.69 Å². The van der Waals surface area contributed by atoms with Crippen LogP contribution in [-0.2, 0) is 4.79 Å². The summed E-state index contributed by atoms with van der Waals surface area (Å²) in [7, 11) is 0. The predicted octanol–water partition coefficient (Wildman–Crippen LogP) is 2.46. The van der Waals surface area contributed by atoms with Crippen molar-refractivity contribution in [3.63, 3.8) is 0 Å². The number of imidazole rings is 1. The lowest BCUT2D eigenvalue weighted by Crippen LogP contribution is -2.29. The Morgan fingerprint density at radius 1 is 1.21 bits per heavy atom. The number of aromatic nitrogens is 2. The molecule has 2 N–H and O–H groups in total. The molecule has 0 aliphatic rings. The highest BCUT2D eigenvalue weighted by Gasteiger charge is 2.15. The van der Waals surface area contributed by atoms with Crippen LogP contribution in [0.15, 0.2) is 24.4 Å². The van der Waals surface area contributed by atoms with Gasteiger partial charge >= 0.3 is 0 Å². The number of amides is 2. The van der Waals surface area contributed by atoms with Crippen LogP contribution < -0.4 is 10.6 Å². The molecule has 0 bridgehead atoms. The van der Waals surface area contributed by atoms with Gasteiger partial charge in [-0.25, -0.2) is 4.98 Å². The lowest BCUT2D eigenvalue weighted by molar-refractivity contribution is -0.121. The summed E-state index contributed by atoms with van der Waals surface area (Å²) in [5.41, 5.74) is 2.09. The highest BCUT2D eigenvalue weighted by atomic mass is 16.2. The zero-order valence-corrected chi connectivity index (χ0v) is 14.6. The molecule has 0 spiro atoms. The SMILES string of the molecule is Cc1nc2ccccn2c1C(=O)NCCCCCC(=O)NC(C)C. The fraction of sp³-hybridized carbons (Fsp3) is 0.500. The van der Waals surface area contributed by atoms with Crippen LogP contribution in [0.2, 0.25) is 0 Å². The van der Waals surface area contributed by atoms with Crippen molar-refractivity contribution in [2.24, 2.45) is 0 Å². The fourth-order valence-corrected chi connectivity index (χ4v) is 2.65. The molecule has 2 rings (SSSR count). The average molecular weight is 330 g/mol. The Morgan fingerprint density at radius 3 is 2.75 bits per heavy atom. The van der Waals surface area contributed by atoms with Gasteiger partial charge in [0.25, 0.3) is 5.91 Å². The monoisotopic (exact) mass is 330 g/mol. The molecule has 0 unspecified atom stereocenters. The van der Waals surface area contributed by atoms with E-state index in [4.69, 9.17) is 0 Å². The van der Waals surface area contributed by atoms with Crippen LogP contribution in [0, 0.1) is 6.92 Å². The Kier molecular flexibility index (Phi) is 6.35. The van der Waals surface area contributed by atoms with E-state index in [0.717, 1.165) is 30.6 Å². The van der Waals surface area contributed by atoms with Crippen LogP contribution in [-0.4, -0.2) is 33.8 Å². The molecule has 2 amide bonds. The summed E-state index contributed by atoms with van der Waals surface area (Å²) in [6.07, 6.45) is 4.99. The van der Waals surface area contributed by atoms with E-state index in [2.05, 4.69) is 15.6 Å². The average Bonchev–Trinajstić information content (AvgIpc) is 2.85. The van der Waals surface area contributed by atoms with Gasteiger partial charge in [0.2, 0.25) is 5.91 Å². The maximum absolute atomic E-state index is 12.4. The normalized spacial score (nSPS) is 11.0. The Labute approximate surface area is 142 Å². The standard InChI is InChI=1S/C18H26N4O2/c1-13(2)20-16(23)10-5-4-7-11-19-18(24)17-14(3)21-15-9-6-8-12-22(15)17/h6,8-9,12-13H,4-5,7,10-11H2,1-3H3,(H,19,24)(H,20,23). The Balaban J connectivity index is 1.74.